The van der Waals surface area contributed by atoms with Gasteiger partial charge in [-0.25, -0.2) is 0 Å². The van der Waals surface area contributed by atoms with Crippen LogP contribution in [0.3, 0.4) is 0 Å². The second-order valence-electron chi connectivity index (χ2n) is 13.1. The Morgan fingerprint density at radius 1 is 0.654 bits per heavy atom. The molecule has 3 aromatic heterocycles. The first-order valence-electron chi connectivity index (χ1n) is 17.6. The molecule has 0 amide bonds. The van der Waals surface area contributed by atoms with Crippen LogP contribution in [0, 0.1) is 0 Å². The molecule has 1 unspecified atom stereocenters. The third-order valence-electron chi connectivity index (χ3n) is 10.0. The third kappa shape index (κ3) is 5.15. The normalized spacial score (nSPS) is 15.6. The zero-order valence-corrected chi connectivity index (χ0v) is 29.0. The average molecular weight is 688 g/mol. The predicted molar refractivity (Wildman–Crippen MR) is 218 cm³/mol. The van der Waals surface area contributed by atoms with E-state index in [0.29, 0.717) is 0 Å². The minimum Gasteiger partial charge on any atom is -0.387 e. The summed E-state index contributed by atoms with van der Waals surface area (Å²) < 4.78 is 3.72. The van der Waals surface area contributed by atoms with Crippen molar-refractivity contribution in [3.8, 4) is 27.3 Å². The first kappa shape index (κ1) is 30.3. The molecular weight excluding hydrogens is 655 g/mol. The van der Waals surface area contributed by atoms with Crippen molar-refractivity contribution >= 4 is 54.6 Å². The lowest BCUT2D eigenvalue weighted by atomic mass is 9.98. The van der Waals surface area contributed by atoms with Gasteiger partial charge >= 0.3 is 0 Å². The van der Waals surface area contributed by atoms with Crippen molar-refractivity contribution in [2.45, 2.75) is 6.17 Å². The molecule has 8 aromatic rings. The number of aliphatic imine (C=N–C) groups is 1. The van der Waals surface area contributed by atoms with Gasteiger partial charge in [0.2, 0.25) is 0 Å². The van der Waals surface area contributed by atoms with E-state index in [2.05, 4.69) is 160 Å². The summed E-state index contributed by atoms with van der Waals surface area (Å²) in [6.45, 7) is 0.787. The zero-order chi connectivity index (χ0) is 34.4. The van der Waals surface area contributed by atoms with Crippen molar-refractivity contribution < 1.29 is 0 Å². The van der Waals surface area contributed by atoms with Gasteiger partial charge in [-0.2, -0.15) is 0 Å². The highest BCUT2D eigenvalue weighted by atomic mass is 32.1. The largest absolute Gasteiger partial charge is 0.387 e. The van der Waals surface area contributed by atoms with Crippen LogP contribution in [0.1, 0.15) is 11.1 Å². The second kappa shape index (κ2) is 12.7. The lowest BCUT2D eigenvalue weighted by Crippen LogP contribution is -2.33. The number of hydrogen-bond acceptors (Lipinski definition) is 5. The highest BCUT2D eigenvalue weighted by molar-refractivity contribution is 7.24. The number of pyridine rings is 1. The maximum Gasteiger partial charge on any atom is 0.145 e. The van der Waals surface area contributed by atoms with E-state index in [-0.39, 0.29) is 6.17 Å². The maximum atomic E-state index is 5.20. The van der Waals surface area contributed by atoms with Crippen LogP contribution in [0.5, 0.6) is 0 Å². The second-order valence-corrected chi connectivity index (χ2v) is 14.1. The van der Waals surface area contributed by atoms with Crippen molar-refractivity contribution in [3.05, 3.63) is 187 Å². The fourth-order valence-electron chi connectivity index (χ4n) is 7.57. The van der Waals surface area contributed by atoms with E-state index in [1.165, 1.54) is 53.5 Å². The van der Waals surface area contributed by atoms with Crippen LogP contribution in [0.4, 0.5) is 0 Å². The van der Waals surface area contributed by atoms with Gasteiger partial charge in [-0.3, -0.25) is 9.98 Å². The Bertz CT molecular complexity index is 2740. The summed E-state index contributed by atoms with van der Waals surface area (Å²) in [4.78, 5) is 10.7. The van der Waals surface area contributed by atoms with Gasteiger partial charge in [0.1, 0.15) is 6.17 Å². The quantitative estimate of drug-likeness (QED) is 0.183. The summed E-state index contributed by atoms with van der Waals surface area (Å²) in [7, 11) is 0. The molecule has 0 aliphatic carbocycles. The average Bonchev–Trinajstić information content (AvgIpc) is 3.78. The molecule has 5 nitrogen and oxygen atoms in total. The molecule has 6 heteroatoms. The number of nitrogens with one attached hydrogen (secondary N) is 2. The van der Waals surface area contributed by atoms with Crippen LogP contribution < -0.4 is 10.6 Å². The number of para-hydroxylation sites is 1. The Hall–Kier alpha value is -6.50. The Morgan fingerprint density at radius 3 is 2.17 bits per heavy atom. The van der Waals surface area contributed by atoms with Gasteiger partial charge in [0.25, 0.3) is 0 Å². The summed E-state index contributed by atoms with van der Waals surface area (Å²) in [5.41, 5.74) is 12.6. The Kier molecular flexibility index (Phi) is 7.40. The van der Waals surface area contributed by atoms with Crippen LogP contribution in [0.25, 0.3) is 64.8 Å². The highest BCUT2D eigenvalue weighted by Crippen LogP contribution is 2.49. The van der Waals surface area contributed by atoms with Crippen LogP contribution >= 0.6 is 11.3 Å². The molecule has 0 saturated carbocycles. The van der Waals surface area contributed by atoms with Crippen molar-refractivity contribution in [1.82, 2.24) is 20.2 Å². The van der Waals surface area contributed by atoms with E-state index in [9.17, 15) is 0 Å². The van der Waals surface area contributed by atoms with Gasteiger partial charge in [0, 0.05) is 67.2 Å². The standard InChI is InChI=1S/C46H33N5S/c1-3-9-32(10-4-1)42-37-19-20-41-43(45(37)52-44(42)33-11-5-2-6-12-33)36-13-7-8-14-40(36)51(41)35-17-15-30(16-18-35)38-29-39(31-21-25-47-26-22-31)50-46(49-38)34-23-27-48-28-24-34/h1-27,29,46,48,50H,28H2. The van der Waals surface area contributed by atoms with Gasteiger partial charge in [-0.05, 0) is 77.0 Å². The van der Waals surface area contributed by atoms with E-state index in [0.717, 1.165) is 40.3 Å². The number of hydrogen-bond donors (Lipinski definition) is 2. The molecule has 248 valence electrons. The van der Waals surface area contributed by atoms with E-state index in [4.69, 9.17) is 4.99 Å². The number of thiophene rings is 1. The molecule has 52 heavy (non-hydrogen) atoms. The molecule has 2 N–H and O–H groups in total. The van der Waals surface area contributed by atoms with Crippen LogP contribution in [-0.2, 0) is 0 Å². The molecule has 10 rings (SSSR count). The van der Waals surface area contributed by atoms with Crippen molar-refractivity contribution in [2.75, 3.05) is 6.54 Å². The topological polar surface area (TPSA) is 54.2 Å². The van der Waals surface area contributed by atoms with Crippen LogP contribution in [0.15, 0.2) is 181 Å². The lowest BCUT2D eigenvalue weighted by molar-refractivity contribution is 0.710. The van der Waals surface area contributed by atoms with Crippen LogP contribution in [0.2, 0.25) is 0 Å². The molecule has 0 spiro atoms. The lowest BCUT2D eigenvalue weighted by Gasteiger charge is -2.26. The molecule has 0 saturated heterocycles. The third-order valence-corrected chi connectivity index (χ3v) is 11.3. The van der Waals surface area contributed by atoms with Crippen molar-refractivity contribution in [2.24, 2.45) is 4.99 Å². The fraction of sp³-hybridized carbons (Fsp3) is 0.0435. The molecule has 0 fully saturated rings. The molecule has 1 atom stereocenters. The molecule has 2 aliphatic rings. The van der Waals surface area contributed by atoms with E-state index in [1.807, 2.05) is 42.1 Å². The molecule has 0 bridgehead atoms. The summed E-state index contributed by atoms with van der Waals surface area (Å²) in [5.74, 6) is 0. The molecule has 5 aromatic carbocycles. The van der Waals surface area contributed by atoms with E-state index in [1.54, 1.807) is 0 Å². The van der Waals surface area contributed by atoms with Gasteiger partial charge in [-0.1, -0.05) is 103 Å². The molecule has 5 heterocycles. The van der Waals surface area contributed by atoms with Gasteiger partial charge in [-0.15, -0.1) is 11.3 Å². The highest BCUT2D eigenvalue weighted by Gasteiger charge is 2.23. The van der Waals surface area contributed by atoms with Gasteiger partial charge < -0.3 is 15.2 Å². The molecular formula is C46H33N5S. The van der Waals surface area contributed by atoms with Crippen LogP contribution in [-0.4, -0.2) is 28.0 Å². The smallest absolute Gasteiger partial charge is 0.145 e. The number of benzene rings is 5. The zero-order valence-electron chi connectivity index (χ0n) is 28.2. The van der Waals surface area contributed by atoms with E-state index < -0.39 is 0 Å². The minimum atomic E-state index is -0.187. The number of nitrogens with zero attached hydrogens (tertiary/aromatic N) is 3. The van der Waals surface area contributed by atoms with Crippen molar-refractivity contribution in [1.29, 1.82) is 0 Å². The molecule has 2 aliphatic heterocycles. The minimum absolute atomic E-state index is 0.187. The summed E-state index contributed by atoms with van der Waals surface area (Å²) in [6.07, 6.45) is 11.9. The number of aromatic nitrogens is 2. The summed E-state index contributed by atoms with van der Waals surface area (Å²) in [6, 6.07) is 48.0. The number of allylic oxidation sites excluding steroid dienone is 1. The Morgan fingerprint density at radius 2 is 1.40 bits per heavy atom. The summed E-state index contributed by atoms with van der Waals surface area (Å²) in [5, 5.41) is 10.7. The molecule has 0 radical (unpaired) electrons. The first-order valence-corrected chi connectivity index (χ1v) is 18.4. The monoisotopic (exact) mass is 687 g/mol. The first-order chi connectivity index (χ1) is 25.8. The van der Waals surface area contributed by atoms with Gasteiger partial charge in [0.05, 0.1) is 16.7 Å². The van der Waals surface area contributed by atoms with Gasteiger partial charge in [0.15, 0.2) is 0 Å². The van der Waals surface area contributed by atoms with E-state index >= 15 is 0 Å². The number of dihydropyridines is 1. The summed E-state index contributed by atoms with van der Waals surface area (Å²) >= 11 is 1.90. The predicted octanol–water partition coefficient (Wildman–Crippen LogP) is 10.5. The fourth-order valence-corrected chi connectivity index (χ4v) is 8.95. The Labute approximate surface area is 305 Å². The van der Waals surface area contributed by atoms with Crippen molar-refractivity contribution in [3.63, 3.8) is 0 Å². The number of rotatable bonds is 6. The Balaban J connectivity index is 1.12. The SMILES string of the molecule is C1=CC(C2N=C(c3ccc(-n4c5ccccc5c5c6sc(-c7ccccc7)c(-c7ccccc7)c6ccc54)cc3)C=C(c3ccncc3)N2)=CCN1. The maximum absolute atomic E-state index is 5.20. The number of fused-ring (bicyclic) bond motifs is 5.